The zero-order valence-electron chi connectivity index (χ0n) is 5.93. The Hall–Kier alpha value is -0.350. The van der Waals surface area contributed by atoms with Crippen molar-refractivity contribution in [3.8, 4) is 0 Å². The highest BCUT2D eigenvalue weighted by atomic mass is 79.9. The van der Waals surface area contributed by atoms with Crippen LogP contribution in [0, 0.1) is 0 Å². The lowest BCUT2D eigenvalue weighted by Crippen LogP contribution is -1.91. The van der Waals surface area contributed by atoms with Crippen LogP contribution in [-0.2, 0) is 6.42 Å². The van der Waals surface area contributed by atoms with Gasteiger partial charge in [-0.1, -0.05) is 6.92 Å². The van der Waals surface area contributed by atoms with Gasteiger partial charge in [0.15, 0.2) is 0 Å². The maximum atomic E-state index is 10.5. The summed E-state index contributed by atoms with van der Waals surface area (Å²) in [4.78, 5) is 12.0. The fraction of sp³-hybridized carbons (Fsp3) is 0.286. The van der Waals surface area contributed by atoms with Gasteiger partial charge in [0.25, 0.3) is 0 Å². The molecule has 1 aromatic rings. The van der Waals surface area contributed by atoms with Crippen LogP contribution in [0.15, 0.2) is 10.5 Å². The van der Waals surface area contributed by atoms with Gasteiger partial charge in [0.05, 0.1) is 0 Å². The maximum Gasteiger partial charge on any atom is 0.347 e. The molecule has 1 rings (SSSR count). The van der Waals surface area contributed by atoms with E-state index in [9.17, 15) is 4.79 Å². The molecule has 2 nitrogen and oxygen atoms in total. The number of aryl methyl sites for hydroxylation is 1. The van der Waals surface area contributed by atoms with Crippen LogP contribution in [0.25, 0.3) is 0 Å². The molecule has 1 aromatic heterocycles. The van der Waals surface area contributed by atoms with Crippen LogP contribution < -0.4 is 0 Å². The molecule has 0 spiro atoms. The Balaban J connectivity index is 3.07. The third-order valence-corrected chi connectivity index (χ3v) is 3.44. The van der Waals surface area contributed by atoms with Gasteiger partial charge in [0.1, 0.15) is 4.88 Å². The second-order valence-corrected chi connectivity index (χ2v) is 4.04. The molecule has 11 heavy (non-hydrogen) atoms. The summed E-state index contributed by atoms with van der Waals surface area (Å²) in [6.07, 6.45) is 0.885. The van der Waals surface area contributed by atoms with Gasteiger partial charge in [-0.2, -0.15) is 0 Å². The molecule has 0 aliphatic carbocycles. The van der Waals surface area contributed by atoms with Gasteiger partial charge in [-0.05, 0) is 28.4 Å². The number of carboxylic acid groups (broad SMARTS) is 1. The smallest absolute Gasteiger partial charge is 0.347 e. The van der Waals surface area contributed by atoms with Crippen LogP contribution in [0.5, 0.6) is 0 Å². The summed E-state index contributed by atoms with van der Waals surface area (Å²) in [5.41, 5.74) is 0. The van der Waals surface area contributed by atoms with E-state index < -0.39 is 5.97 Å². The van der Waals surface area contributed by atoms with Crippen LogP contribution in [0.3, 0.4) is 0 Å². The molecule has 1 heterocycles. The predicted molar refractivity (Wildman–Crippen MR) is 48.4 cm³/mol. The number of rotatable bonds is 2. The molecule has 0 radical (unpaired) electrons. The van der Waals surface area contributed by atoms with Crippen LogP contribution in [0.4, 0.5) is 0 Å². The highest BCUT2D eigenvalue weighted by Crippen LogP contribution is 2.27. The fourth-order valence-electron chi connectivity index (χ4n) is 0.736. The van der Waals surface area contributed by atoms with Gasteiger partial charge >= 0.3 is 5.97 Å². The van der Waals surface area contributed by atoms with E-state index >= 15 is 0 Å². The van der Waals surface area contributed by atoms with Gasteiger partial charge in [0, 0.05) is 9.35 Å². The van der Waals surface area contributed by atoms with E-state index in [-0.39, 0.29) is 0 Å². The SMILES string of the molecule is CCc1cc(Br)c(C(=O)O)s1. The molecular weight excluding hydrogens is 228 g/mol. The van der Waals surface area contributed by atoms with Crippen molar-refractivity contribution >= 4 is 33.2 Å². The number of carbonyl (C=O) groups is 1. The molecule has 0 amide bonds. The molecule has 0 aliphatic heterocycles. The quantitative estimate of drug-likeness (QED) is 0.855. The van der Waals surface area contributed by atoms with Crippen molar-refractivity contribution in [2.75, 3.05) is 0 Å². The highest BCUT2D eigenvalue weighted by Gasteiger charge is 2.11. The summed E-state index contributed by atoms with van der Waals surface area (Å²) >= 11 is 4.51. The minimum Gasteiger partial charge on any atom is -0.477 e. The monoisotopic (exact) mass is 234 g/mol. The Labute approximate surface area is 77.0 Å². The van der Waals surface area contributed by atoms with Crippen molar-refractivity contribution in [1.29, 1.82) is 0 Å². The first kappa shape index (κ1) is 8.74. The Morgan fingerprint density at radius 1 is 1.82 bits per heavy atom. The van der Waals surface area contributed by atoms with E-state index in [0.29, 0.717) is 9.35 Å². The number of hydrogen-bond donors (Lipinski definition) is 1. The van der Waals surface area contributed by atoms with Crippen molar-refractivity contribution in [2.45, 2.75) is 13.3 Å². The summed E-state index contributed by atoms with van der Waals surface area (Å²) in [6, 6.07) is 1.86. The van der Waals surface area contributed by atoms with E-state index in [0.717, 1.165) is 11.3 Å². The van der Waals surface area contributed by atoms with Gasteiger partial charge in [-0.25, -0.2) is 4.79 Å². The van der Waals surface area contributed by atoms with Gasteiger partial charge in [-0.15, -0.1) is 11.3 Å². The molecule has 1 N–H and O–H groups in total. The van der Waals surface area contributed by atoms with Crippen LogP contribution >= 0.6 is 27.3 Å². The number of halogens is 1. The lowest BCUT2D eigenvalue weighted by Gasteiger charge is -1.85. The first-order chi connectivity index (χ1) is 5.15. The molecular formula is C7H7BrO2S. The van der Waals surface area contributed by atoms with E-state index in [1.807, 2.05) is 13.0 Å². The Bertz CT molecular complexity index is 280. The van der Waals surface area contributed by atoms with Crippen molar-refractivity contribution in [1.82, 2.24) is 0 Å². The second-order valence-electron chi connectivity index (χ2n) is 2.05. The van der Waals surface area contributed by atoms with E-state index in [1.165, 1.54) is 11.3 Å². The van der Waals surface area contributed by atoms with E-state index in [1.54, 1.807) is 0 Å². The Morgan fingerprint density at radius 2 is 2.45 bits per heavy atom. The molecule has 4 heteroatoms. The Kier molecular flexibility index (Phi) is 2.67. The molecule has 0 fully saturated rings. The summed E-state index contributed by atoms with van der Waals surface area (Å²) in [5, 5.41) is 8.65. The summed E-state index contributed by atoms with van der Waals surface area (Å²) in [7, 11) is 0. The van der Waals surface area contributed by atoms with Gasteiger partial charge in [-0.3, -0.25) is 0 Å². The molecule has 0 atom stereocenters. The van der Waals surface area contributed by atoms with Gasteiger partial charge in [0.2, 0.25) is 0 Å². The van der Waals surface area contributed by atoms with Crippen molar-refractivity contribution in [3.05, 3.63) is 20.3 Å². The number of thiophene rings is 1. The number of hydrogen-bond acceptors (Lipinski definition) is 2. The number of aromatic carboxylic acids is 1. The molecule has 0 bridgehead atoms. The first-order valence-corrected chi connectivity index (χ1v) is 4.77. The third kappa shape index (κ3) is 1.81. The molecule has 0 unspecified atom stereocenters. The van der Waals surface area contributed by atoms with Crippen LogP contribution in [0.1, 0.15) is 21.5 Å². The highest BCUT2D eigenvalue weighted by molar-refractivity contribution is 9.10. The summed E-state index contributed by atoms with van der Waals surface area (Å²) in [6.45, 7) is 2.00. The lowest BCUT2D eigenvalue weighted by atomic mass is 10.4. The molecule has 0 aliphatic rings. The first-order valence-electron chi connectivity index (χ1n) is 3.16. The van der Waals surface area contributed by atoms with Crippen molar-refractivity contribution in [3.63, 3.8) is 0 Å². The minimum absolute atomic E-state index is 0.391. The lowest BCUT2D eigenvalue weighted by molar-refractivity contribution is 0.0701. The average Bonchev–Trinajstić information content (AvgIpc) is 2.30. The van der Waals surface area contributed by atoms with E-state index in [4.69, 9.17) is 5.11 Å². The molecule has 60 valence electrons. The number of carboxylic acids is 1. The van der Waals surface area contributed by atoms with Gasteiger partial charge < -0.3 is 5.11 Å². The second kappa shape index (κ2) is 3.36. The predicted octanol–water partition coefficient (Wildman–Crippen LogP) is 2.77. The van der Waals surface area contributed by atoms with Crippen LogP contribution in [-0.4, -0.2) is 11.1 Å². The van der Waals surface area contributed by atoms with Crippen molar-refractivity contribution < 1.29 is 9.90 Å². The Morgan fingerprint density at radius 3 is 2.73 bits per heavy atom. The molecule has 0 aromatic carbocycles. The minimum atomic E-state index is -0.860. The standard InChI is InChI=1S/C7H7BrO2S/c1-2-4-3-5(8)6(11-4)7(9)10/h3H,2H2,1H3,(H,9,10). The van der Waals surface area contributed by atoms with Crippen molar-refractivity contribution in [2.24, 2.45) is 0 Å². The molecule has 0 saturated heterocycles. The van der Waals surface area contributed by atoms with Crippen LogP contribution in [0.2, 0.25) is 0 Å². The zero-order chi connectivity index (χ0) is 8.43. The third-order valence-electron chi connectivity index (χ3n) is 1.28. The summed E-state index contributed by atoms with van der Waals surface area (Å²) < 4.78 is 0.687. The zero-order valence-corrected chi connectivity index (χ0v) is 8.33. The fourth-order valence-corrected chi connectivity index (χ4v) is 2.40. The topological polar surface area (TPSA) is 37.3 Å². The normalized spacial score (nSPS) is 10.0. The average molecular weight is 235 g/mol. The largest absolute Gasteiger partial charge is 0.477 e. The summed E-state index contributed by atoms with van der Waals surface area (Å²) in [5.74, 6) is -0.860. The maximum absolute atomic E-state index is 10.5. The van der Waals surface area contributed by atoms with E-state index in [2.05, 4.69) is 15.9 Å². The molecule has 0 saturated carbocycles.